The van der Waals surface area contributed by atoms with Gasteiger partial charge < -0.3 is 9.64 Å². The van der Waals surface area contributed by atoms with E-state index in [0.717, 1.165) is 31.4 Å². The molecule has 90 valence electrons. The van der Waals surface area contributed by atoms with Crippen LogP contribution in [0.15, 0.2) is 18.3 Å². The fourth-order valence-electron chi connectivity index (χ4n) is 1.58. The monoisotopic (exact) mass is 231 g/mol. The van der Waals surface area contributed by atoms with Crippen molar-refractivity contribution in [2.24, 2.45) is 5.92 Å². The summed E-state index contributed by atoms with van der Waals surface area (Å²) in [4.78, 5) is 6.03. The van der Waals surface area contributed by atoms with Gasteiger partial charge in [-0.2, -0.15) is 5.26 Å². The minimum Gasteiger partial charge on any atom is -0.379 e. The van der Waals surface area contributed by atoms with Crippen molar-refractivity contribution in [2.45, 2.75) is 12.8 Å². The first-order valence-electron chi connectivity index (χ1n) is 5.94. The van der Waals surface area contributed by atoms with Crippen molar-refractivity contribution < 1.29 is 4.74 Å². The lowest BCUT2D eigenvalue weighted by molar-refractivity contribution is 0.131. The number of pyridine rings is 1. The number of anilines is 1. The van der Waals surface area contributed by atoms with Crippen molar-refractivity contribution in [1.29, 1.82) is 5.26 Å². The van der Waals surface area contributed by atoms with E-state index in [-0.39, 0.29) is 0 Å². The number of hydrogen-bond donors (Lipinski definition) is 0. The number of aromatic nitrogens is 1. The molecule has 2 rings (SSSR count). The Kier molecular flexibility index (Phi) is 3.94. The first kappa shape index (κ1) is 11.9. The molecule has 1 aliphatic rings. The molecular formula is C13H17N3O. The van der Waals surface area contributed by atoms with Crippen molar-refractivity contribution in [3.05, 3.63) is 24.0 Å². The summed E-state index contributed by atoms with van der Waals surface area (Å²) < 4.78 is 5.58. The first-order chi connectivity index (χ1) is 8.29. The highest BCUT2D eigenvalue weighted by Crippen LogP contribution is 2.28. The molecule has 0 spiro atoms. The van der Waals surface area contributed by atoms with Gasteiger partial charge in [-0.25, -0.2) is 4.98 Å². The second-order valence-corrected chi connectivity index (χ2v) is 4.45. The molecule has 17 heavy (non-hydrogen) atoms. The molecule has 0 saturated heterocycles. The van der Waals surface area contributed by atoms with Gasteiger partial charge in [0.25, 0.3) is 0 Å². The molecule has 4 nitrogen and oxygen atoms in total. The second kappa shape index (κ2) is 5.65. The largest absolute Gasteiger partial charge is 0.379 e. The van der Waals surface area contributed by atoms with Crippen molar-refractivity contribution in [2.75, 3.05) is 31.7 Å². The molecule has 0 atom stereocenters. The third-order valence-electron chi connectivity index (χ3n) is 2.92. The lowest BCUT2D eigenvalue weighted by atomic mass is 10.3. The Bertz CT molecular complexity index is 409. The summed E-state index contributed by atoms with van der Waals surface area (Å²) in [5, 5.41) is 8.77. The van der Waals surface area contributed by atoms with Crippen LogP contribution in [-0.2, 0) is 4.74 Å². The highest BCUT2D eigenvalue weighted by Gasteiger charge is 2.20. The average molecular weight is 231 g/mol. The van der Waals surface area contributed by atoms with E-state index >= 15 is 0 Å². The molecule has 1 saturated carbocycles. The highest BCUT2D eigenvalue weighted by molar-refractivity contribution is 5.47. The number of nitrogens with zero attached hydrogens (tertiary/aromatic N) is 3. The quantitative estimate of drug-likeness (QED) is 0.701. The van der Waals surface area contributed by atoms with Gasteiger partial charge in [-0.3, -0.25) is 0 Å². The summed E-state index contributed by atoms with van der Waals surface area (Å²) in [6.07, 6.45) is 4.31. The van der Waals surface area contributed by atoms with Gasteiger partial charge in [0.15, 0.2) is 0 Å². The first-order valence-corrected chi connectivity index (χ1v) is 5.94. The zero-order chi connectivity index (χ0) is 12.1. The molecule has 0 radical (unpaired) electrons. The standard InChI is InChI=1S/C13H17N3O/c1-16(6-7-17-10-11-2-3-11)13-4-5-15-12(8-13)9-14/h4-5,8,11H,2-3,6-7,10H2,1H3. The van der Waals surface area contributed by atoms with E-state index in [4.69, 9.17) is 10.00 Å². The van der Waals surface area contributed by atoms with Gasteiger partial charge in [-0.15, -0.1) is 0 Å². The van der Waals surface area contributed by atoms with Crippen LogP contribution >= 0.6 is 0 Å². The molecular weight excluding hydrogens is 214 g/mol. The van der Waals surface area contributed by atoms with Gasteiger partial charge in [0.2, 0.25) is 0 Å². The topological polar surface area (TPSA) is 49.1 Å². The zero-order valence-corrected chi connectivity index (χ0v) is 10.1. The van der Waals surface area contributed by atoms with E-state index in [0.29, 0.717) is 5.69 Å². The van der Waals surface area contributed by atoms with E-state index in [2.05, 4.69) is 9.88 Å². The van der Waals surface area contributed by atoms with E-state index in [1.165, 1.54) is 12.8 Å². The van der Waals surface area contributed by atoms with Gasteiger partial charge in [0.1, 0.15) is 11.8 Å². The van der Waals surface area contributed by atoms with E-state index < -0.39 is 0 Å². The van der Waals surface area contributed by atoms with Gasteiger partial charge in [0.05, 0.1) is 6.61 Å². The molecule has 0 aromatic carbocycles. The fourth-order valence-corrected chi connectivity index (χ4v) is 1.58. The number of ether oxygens (including phenoxy) is 1. The van der Waals surface area contributed by atoms with Crippen LogP contribution in [0.5, 0.6) is 0 Å². The molecule has 0 unspecified atom stereocenters. The third kappa shape index (κ3) is 3.72. The number of likely N-dealkylation sites (N-methyl/N-ethyl adjacent to an activating group) is 1. The van der Waals surface area contributed by atoms with Crippen LogP contribution in [0.1, 0.15) is 18.5 Å². The van der Waals surface area contributed by atoms with Gasteiger partial charge in [-0.05, 0) is 30.9 Å². The van der Waals surface area contributed by atoms with Crippen LogP contribution in [0, 0.1) is 17.2 Å². The van der Waals surface area contributed by atoms with Crippen LogP contribution in [0.25, 0.3) is 0 Å². The summed E-state index contributed by atoms with van der Waals surface area (Å²) in [6.45, 7) is 2.46. The molecule has 0 N–H and O–H groups in total. The smallest absolute Gasteiger partial charge is 0.142 e. The Morgan fingerprint density at radius 1 is 1.59 bits per heavy atom. The van der Waals surface area contributed by atoms with Crippen LogP contribution in [0.3, 0.4) is 0 Å². The maximum absolute atomic E-state index is 8.77. The van der Waals surface area contributed by atoms with Crippen LogP contribution < -0.4 is 4.90 Å². The van der Waals surface area contributed by atoms with Crippen LogP contribution in [-0.4, -0.2) is 31.8 Å². The Morgan fingerprint density at radius 2 is 2.41 bits per heavy atom. The highest BCUT2D eigenvalue weighted by atomic mass is 16.5. The zero-order valence-electron chi connectivity index (χ0n) is 10.1. The summed E-state index contributed by atoms with van der Waals surface area (Å²) in [5.74, 6) is 0.812. The maximum atomic E-state index is 8.77. The van der Waals surface area contributed by atoms with Gasteiger partial charge in [0, 0.05) is 32.1 Å². The Morgan fingerprint density at radius 3 is 3.12 bits per heavy atom. The predicted octanol–water partition coefficient (Wildman–Crippen LogP) is 1.82. The van der Waals surface area contributed by atoms with E-state index in [9.17, 15) is 0 Å². The molecule has 1 aliphatic carbocycles. The summed E-state index contributed by atoms with van der Waals surface area (Å²) in [6, 6.07) is 5.74. The van der Waals surface area contributed by atoms with Crippen molar-refractivity contribution in [3.8, 4) is 6.07 Å². The van der Waals surface area contributed by atoms with Crippen molar-refractivity contribution in [3.63, 3.8) is 0 Å². The summed E-state index contributed by atoms with van der Waals surface area (Å²) in [5.41, 5.74) is 1.46. The van der Waals surface area contributed by atoms with Gasteiger partial charge >= 0.3 is 0 Å². The molecule has 1 fully saturated rings. The number of rotatable bonds is 6. The van der Waals surface area contributed by atoms with Crippen LogP contribution in [0.4, 0.5) is 5.69 Å². The minimum absolute atomic E-state index is 0.452. The molecule has 1 heterocycles. The van der Waals surface area contributed by atoms with E-state index in [1.807, 2.05) is 19.2 Å². The fraction of sp³-hybridized carbons (Fsp3) is 0.538. The maximum Gasteiger partial charge on any atom is 0.142 e. The van der Waals surface area contributed by atoms with Crippen molar-refractivity contribution in [1.82, 2.24) is 4.98 Å². The summed E-state index contributed by atoms with van der Waals surface area (Å²) in [7, 11) is 2.00. The molecule has 0 aliphatic heterocycles. The molecule has 1 aromatic heterocycles. The third-order valence-corrected chi connectivity index (χ3v) is 2.92. The number of hydrogen-bond acceptors (Lipinski definition) is 4. The summed E-state index contributed by atoms with van der Waals surface area (Å²) >= 11 is 0. The average Bonchev–Trinajstić information content (AvgIpc) is 3.18. The molecule has 4 heteroatoms. The normalized spacial score (nSPS) is 14.4. The Balaban J connectivity index is 1.77. The van der Waals surface area contributed by atoms with Crippen molar-refractivity contribution >= 4 is 5.69 Å². The van der Waals surface area contributed by atoms with E-state index in [1.54, 1.807) is 12.3 Å². The predicted molar refractivity (Wildman–Crippen MR) is 65.8 cm³/mol. The molecule has 1 aromatic rings. The Hall–Kier alpha value is -1.60. The molecule has 0 amide bonds. The number of nitriles is 1. The molecule has 0 bridgehead atoms. The second-order valence-electron chi connectivity index (χ2n) is 4.45. The van der Waals surface area contributed by atoms with Gasteiger partial charge in [-0.1, -0.05) is 0 Å². The Labute approximate surface area is 102 Å². The lowest BCUT2D eigenvalue weighted by Gasteiger charge is -2.19. The SMILES string of the molecule is CN(CCOCC1CC1)c1ccnc(C#N)c1. The van der Waals surface area contributed by atoms with Crippen LogP contribution in [0.2, 0.25) is 0 Å². The minimum atomic E-state index is 0.452. The lowest BCUT2D eigenvalue weighted by Crippen LogP contribution is -2.23.